The highest BCUT2D eigenvalue weighted by molar-refractivity contribution is 9.10. The van der Waals surface area contributed by atoms with Crippen molar-refractivity contribution in [3.63, 3.8) is 0 Å². The van der Waals surface area contributed by atoms with Gasteiger partial charge in [-0.05, 0) is 54.0 Å². The molecule has 1 heterocycles. The summed E-state index contributed by atoms with van der Waals surface area (Å²) in [5.41, 5.74) is 3.03. The number of aromatic nitrogens is 2. The summed E-state index contributed by atoms with van der Waals surface area (Å²) in [7, 11) is 0. The number of rotatable bonds is 4. The Labute approximate surface area is 114 Å². The zero-order valence-corrected chi connectivity index (χ0v) is 12.0. The maximum absolute atomic E-state index is 12.7. The van der Waals surface area contributed by atoms with Gasteiger partial charge in [-0.3, -0.25) is 4.68 Å². The van der Waals surface area contributed by atoms with Crippen molar-refractivity contribution in [2.75, 3.05) is 11.9 Å². The predicted octanol–water partition coefficient (Wildman–Crippen LogP) is 3.51. The van der Waals surface area contributed by atoms with Gasteiger partial charge in [0.15, 0.2) is 0 Å². The van der Waals surface area contributed by atoms with E-state index in [1.165, 1.54) is 12.1 Å². The first kappa shape index (κ1) is 13.1. The fourth-order valence-corrected chi connectivity index (χ4v) is 2.05. The van der Waals surface area contributed by atoms with E-state index in [2.05, 4.69) is 26.3 Å². The standard InChI is InChI=1S/C13H15BrFN3/c1-9-13(14)10(2)18(17-9)8-7-16-12-5-3-11(15)4-6-12/h3-6,16H,7-8H2,1-2H3. The van der Waals surface area contributed by atoms with Crippen molar-refractivity contribution in [1.82, 2.24) is 9.78 Å². The quantitative estimate of drug-likeness (QED) is 0.936. The molecule has 0 fully saturated rings. The number of anilines is 1. The lowest BCUT2D eigenvalue weighted by Gasteiger charge is -2.07. The van der Waals surface area contributed by atoms with Gasteiger partial charge in [-0.25, -0.2) is 4.39 Å². The molecule has 0 aliphatic carbocycles. The average molecular weight is 312 g/mol. The van der Waals surface area contributed by atoms with Crippen LogP contribution >= 0.6 is 15.9 Å². The summed E-state index contributed by atoms with van der Waals surface area (Å²) in [6.07, 6.45) is 0. The highest BCUT2D eigenvalue weighted by atomic mass is 79.9. The lowest BCUT2D eigenvalue weighted by Crippen LogP contribution is -2.12. The zero-order chi connectivity index (χ0) is 13.1. The molecule has 0 atom stereocenters. The van der Waals surface area contributed by atoms with Crippen molar-refractivity contribution < 1.29 is 4.39 Å². The largest absolute Gasteiger partial charge is 0.383 e. The maximum Gasteiger partial charge on any atom is 0.123 e. The topological polar surface area (TPSA) is 29.9 Å². The zero-order valence-electron chi connectivity index (χ0n) is 10.4. The van der Waals surface area contributed by atoms with E-state index in [1.807, 2.05) is 18.5 Å². The van der Waals surface area contributed by atoms with Gasteiger partial charge in [0.25, 0.3) is 0 Å². The molecule has 1 aromatic heterocycles. The second kappa shape index (κ2) is 5.52. The average Bonchev–Trinajstić information content (AvgIpc) is 2.60. The van der Waals surface area contributed by atoms with Gasteiger partial charge in [-0.2, -0.15) is 5.10 Å². The molecule has 0 saturated heterocycles. The first-order chi connectivity index (χ1) is 8.58. The minimum absolute atomic E-state index is 0.219. The normalized spacial score (nSPS) is 10.7. The summed E-state index contributed by atoms with van der Waals surface area (Å²) in [6, 6.07) is 6.35. The number of nitrogens with one attached hydrogen (secondary N) is 1. The van der Waals surface area contributed by atoms with Crippen LogP contribution in [0.1, 0.15) is 11.4 Å². The van der Waals surface area contributed by atoms with E-state index in [1.54, 1.807) is 12.1 Å². The van der Waals surface area contributed by atoms with Crippen LogP contribution in [0.2, 0.25) is 0 Å². The molecule has 1 N–H and O–H groups in total. The summed E-state index contributed by atoms with van der Waals surface area (Å²) in [5.74, 6) is -0.219. The Morgan fingerprint density at radius 2 is 1.94 bits per heavy atom. The molecule has 0 spiro atoms. The van der Waals surface area contributed by atoms with E-state index in [9.17, 15) is 4.39 Å². The Hall–Kier alpha value is -1.36. The number of aryl methyl sites for hydroxylation is 1. The molecule has 1 aromatic carbocycles. The van der Waals surface area contributed by atoms with Crippen molar-refractivity contribution in [1.29, 1.82) is 0 Å². The molecule has 18 heavy (non-hydrogen) atoms. The van der Waals surface area contributed by atoms with Crippen molar-refractivity contribution in [2.45, 2.75) is 20.4 Å². The molecule has 2 aromatic rings. The molecule has 0 unspecified atom stereocenters. The third-order valence-corrected chi connectivity index (χ3v) is 3.94. The molecule has 0 aliphatic rings. The monoisotopic (exact) mass is 311 g/mol. The third kappa shape index (κ3) is 2.90. The summed E-state index contributed by atoms with van der Waals surface area (Å²) in [5, 5.41) is 7.66. The number of benzene rings is 1. The van der Waals surface area contributed by atoms with E-state index in [0.29, 0.717) is 0 Å². The number of hydrogen-bond donors (Lipinski definition) is 1. The molecule has 96 valence electrons. The van der Waals surface area contributed by atoms with Crippen LogP contribution in [0.15, 0.2) is 28.7 Å². The lowest BCUT2D eigenvalue weighted by atomic mass is 10.3. The summed E-state index contributed by atoms with van der Waals surface area (Å²) in [6.45, 7) is 5.53. The van der Waals surface area contributed by atoms with E-state index >= 15 is 0 Å². The minimum Gasteiger partial charge on any atom is -0.383 e. The van der Waals surface area contributed by atoms with Crippen molar-refractivity contribution in [3.05, 3.63) is 45.9 Å². The molecule has 0 radical (unpaired) electrons. The van der Waals surface area contributed by atoms with Crippen LogP contribution in [-0.2, 0) is 6.54 Å². The Morgan fingerprint density at radius 1 is 1.28 bits per heavy atom. The van der Waals surface area contributed by atoms with Crippen LogP contribution in [0.5, 0.6) is 0 Å². The van der Waals surface area contributed by atoms with Crippen molar-refractivity contribution in [2.24, 2.45) is 0 Å². The second-order valence-corrected chi connectivity index (χ2v) is 4.93. The molecular weight excluding hydrogens is 297 g/mol. The SMILES string of the molecule is Cc1nn(CCNc2ccc(F)cc2)c(C)c1Br. The first-order valence-corrected chi connectivity index (χ1v) is 6.56. The van der Waals surface area contributed by atoms with Gasteiger partial charge in [0.1, 0.15) is 5.82 Å². The fraction of sp³-hybridized carbons (Fsp3) is 0.308. The van der Waals surface area contributed by atoms with Crippen LogP contribution in [0.3, 0.4) is 0 Å². The number of hydrogen-bond acceptors (Lipinski definition) is 2. The molecule has 0 amide bonds. The van der Waals surface area contributed by atoms with Crippen LogP contribution in [-0.4, -0.2) is 16.3 Å². The van der Waals surface area contributed by atoms with Crippen LogP contribution in [0.25, 0.3) is 0 Å². The molecule has 0 bridgehead atoms. The van der Waals surface area contributed by atoms with Gasteiger partial charge in [-0.1, -0.05) is 0 Å². The second-order valence-electron chi connectivity index (χ2n) is 4.14. The maximum atomic E-state index is 12.7. The van der Waals surface area contributed by atoms with E-state index < -0.39 is 0 Å². The Morgan fingerprint density at radius 3 is 2.50 bits per heavy atom. The van der Waals surface area contributed by atoms with Gasteiger partial charge in [0, 0.05) is 17.9 Å². The van der Waals surface area contributed by atoms with E-state index in [0.717, 1.165) is 34.6 Å². The van der Waals surface area contributed by atoms with Crippen molar-refractivity contribution >= 4 is 21.6 Å². The van der Waals surface area contributed by atoms with Gasteiger partial charge >= 0.3 is 0 Å². The first-order valence-electron chi connectivity index (χ1n) is 5.77. The summed E-state index contributed by atoms with van der Waals surface area (Å²) >= 11 is 3.50. The third-order valence-electron chi connectivity index (χ3n) is 2.79. The van der Waals surface area contributed by atoms with Crippen LogP contribution < -0.4 is 5.32 Å². The highest BCUT2D eigenvalue weighted by Crippen LogP contribution is 2.19. The minimum atomic E-state index is -0.219. The van der Waals surface area contributed by atoms with E-state index in [-0.39, 0.29) is 5.82 Å². The van der Waals surface area contributed by atoms with Crippen molar-refractivity contribution in [3.8, 4) is 0 Å². The summed E-state index contributed by atoms with van der Waals surface area (Å²) < 4.78 is 15.7. The van der Waals surface area contributed by atoms with E-state index in [4.69, 9.17) is 0 Å². The summed E-state index contributed by atoms with van der Waals surface area (Å²) in [4.78, 5) is 0. The Bertz CT molecular complexity index is 534. The van der Waals surface area contributed by atoms with Gasteiger partial charge < -0.3 is 5.32 Å². The number of nitrogens with zero attached hydrogens (tertiary/aromatic N) is 2. The van der Waals surface area contributed by atoms with Gasteiger partial charge in [0.2, 0.25) is 0 Å². The highest BCUT2D eigenvalue weighted by Gasteiger charge is 2.07. The molecule has 3 nitrogen and oxygen atoms in total. The lowest BCUT2D eigenvalue weighted by molar-refractivity contribution is 0.614. The molecule has 2 rings (SSSR count). The van der Waals surface area contributed by atoms with Crippen LogP contribution in [0.4, 0.5) is 10.1 Å². The molecule has 0 saturated carbocycles. The Kier molecular flexibility index (Phi) is 4.01. The molecular formula is C13H15BrFN3. The Balaban J connectivity index is 1.92. The smallest absolute Gasteiger partial charge is 0.123 e. The molecule has 0 aliphatic heterocycles. The number of halogens is 2. The van der Waals surface area contributed by atoms with Gasteiger partial charge in [0.05, 0.1) is 16.7 Å². The predicted molar refractivity (Wildman–Crippen MR) is 74.3 cm³/mol. The fourth-order valence-electron chi connectivity index (χ4n) is 1.77. The van der Waals surface area contributed by atoms with Gasteiger partial charge in [-0.15, -0.1) is 0 Å². The molecule has 5 heteroatoms. The van der Waals surface area contributed by atoms with Crippen LogP contribution in [0, 0.1) is 19.7 Å².